The number of ether oxygens (including phenoxy) is 1. The van der Waals surface area contributed by atoms with Crippen LogP contribution in [0.2, 0.25) is 8.67 Å². The minimum atomic E-state index is -0.826. The molecule has 0 radical (unpaired) electrons. The highest BCUT2D eigenvalue weighted by atomic mass is 35.5. The number of nitrogens with two attached hydrogens (primary N) is 1. The first-order chi connectivity index (χ1) is 9.58. The lowest BCUT2D eigenvalue weighted by Crippen LogP contribution is -2.20. The fourth-order valence-corrected chi connectivity index (χ4v) is 3.71. The van der Waals surface area contributed by atoms with Gasteiger partial charge in [0.2, 0.25) is 0 Å². The molecule has 2 atom stereocenters. The van der Waals surface area contributed by atoms with Crippen LogP contribution in [-0.2, 0) is 0 Å². The average molecular weight is 332 g/mol. The molecule has 0 aliphatic heterocycles. The molecule has 0 aliphatic carbocycles. The maximum atomic E-state index is 10.6. The van der Waals surface area contributed by atoms with Crippen molar-refractivity contribution in [2.75, 3.05) is 13.7 Å². The van der Waals surface area contributed by atoms with Gasteiger partial charge in [-0.3, -0.25) is 0 Å². The van der Waals surface area contributed by atoms with Crippen LogP contribution in [0.4, 0.5) is 0 Å². The van der Waals surface area contributed by atoms with E-state index in [1.54, 1.807) is 13.2 Å². The van der Waals surface area contributed by atoms with Crippen LogP contribution in [0.3, 0.4) is 0 Å². The van der Waals surface area contributed by atoms with E-state index >= 15 is 0 Å². The van der Waals surface area contributed by atoms with Crippen LogP contribution in [0.1, 0.15) is 23.1 Å². The standard InChI is InChI=1S/C14H15Cl2NO2S/c1-19-11-5-3-2-4-8(11)10(7-17)13(18)9-6-12(15)20-14(9)16/h2-6,10,13,18H,7,17H2,1H3. The zero-order valence-corrected chi connectivity index (χ0v) is 13.2. The Morgan fingerprint density at radius 3 is 2.55 bits per heavy atom. The third-order valence-corrected chi connectivity index (χ3v) is 4.69. The highest BCUT2D eigenvalue weighted by Gasteiger charge is 2.27. The number of thiophene rings is 1. The lowest BCUT2D eigenvalue weighted by atomic mass is 9.89. The van der Waals surface area contributed by atoms with Gasteiger partial charge < -0.3 is 15.6 Å². The number of benzene rings is 1. The second-order valence-electron chi connectivity index (χ2n) is 4.31. The third kappa shape index (κ3) is 3.10. The van der Waals surface area contributed by atoms with Crippen LogP contribution in [-0.4, -0.2) is 18.8 Å². The molecule has 0 saturated carbocycles. The summed E-state index contributed by atoms with van der Waals surface area (Å²) in [7, 11) is 1.59. The molecule has 1 aromatic heterocycles. The molecule has 1 heterocycles. The van der Waals surface area contributed by atoms with Crippen LogP contribution in [0.5, 0.6) is 5.75 Å². The molecule has 6 heteroatoms. The van der Waals surface area contributed by atoms with E-state index in [4.69, 9.17) is 33.7 Å². The van der Waals surface area contributed by atoms with Crippen LogP contribution >= 0.6 is 34.5 Å². The van der Waals surface area contributed by atoms with Crippen LogP contribution in [0.25, 0.3) is 0 Å². The summed E-state index contributed by atoms with van der Waals surface area (Å²) in [5.41, 5.74) is 7.29. The molecule has 0 aliphatic rings. The Morgan fingerprint density at radius 1 is 1.30 bits per heavy atom. The summed E-state index contributed by atoms with van der Waals surface area (Å²) in [5, 5.41) is 10.6. The molecule has 0 bridgehead atoms. The van der Waals surface area contributed by atoms with Gasteiger partial charge in [0.05, 0.1) is 17.6 Å². The van der Waals surface area contributed by atoms with Crippen molar-refractivity contribution in [3.05, 3.63) is 50.1 Å². The number of aliphatic hydroxyl groups is 1. The van der Waals surface area contributed by atoms with Crippen molar-refractivity contribution in [2.45, 2.75) is 12.0 Å². The summed E-state index contributed by atoms with van der Waals surface area (Å²) < 4.78 is 6.35. The fraction of sp³-hybridized carbons (Fsp3) is 0.286. The van der Waals surface area contributed by atoms with Gasteiger partial charge >= 0.3 is 0 Å². The van der Waals surface area contributed by atoms with Gasteiger partial charge in [0.1, 0.15) is 10.1 Å². The highest BCUT2D eigenvalue weighted by Crippen LogP contribution is 2.41. The molecule has 108 valence electrons. The Hall–Kier alpha value is -0.780. The number of hydrogen-bond acceptors (Lipinski definition) is 4. The summed E-state index contributed by atoms with van der Waals surface area (Å²) in [5.74, 6) is 0.383. The Labute approximate surface area is 131 Å². The predicted octanol–water partition coefficient (Wildman–Crippen LogP) is 3.84. The van der Waals surface area contributed by atoms with Gasteiger partial charge in [-0.15, -0.1) is 11.3 Å². The van der Waals surface area contributed by atoms with Crippen LogP contribution in [0.15, 0.2) is 30.3 Å². The van der Waals surface area contributed by atoms with E-state index in [1.807, 2.05) is 24.3 Å². The number of para-hydroxylation sites is 1. The minimum Gasteiger partial charge on any atom is -0.496 e. The summed E-state index contributed by atoms with van der Waals surface area (Å²) in [6.07, 6.45) is -0.826. The Balaban J connectivity index is 2.39. The van der Waals surface area contributed by atoms with Crippen molar-refractivity contribution in [1.82, 2.24) is 0 Å². The molecular formula is C14H15Cl2NO2S. The van der Waals surface area contributed by atoms with E-state index < -0.39 is 6.10 Å². The highest BCUT2D eigenvalue weighted by molar-refractivity contribution is 7.20. The van der Waals surface area contributed by atoms with Crippen LogP contribution in [0, 0.1) is 0 Å². The van der Waals surface area contributed by atoms with Gasteiger partial charge in [-0.1, -0.05) is 41.4 Å². The number of rotatable bonds is 5. The van der Waals surface area contributed by atoms with E-state index in [0.29, 0.717) is 20.0 Å². The molecule has 20 heavy (non-hydrogen) atoms. The van der Waals surface area contributed by atoms with E-state index in [-0.39, 0.29) is 12.5 Å². The summed E-state index contributed by atoms with van der Waals surface area (Å²) >= 11 is 13.3. The SMILES string of the molecule is COc1ccccc1C(CN)C(O)c1cc(Cl)sc1Cl. The number of methoxy groups -OCH3 is 1. The second kappa shape index (κ2) is 6.78. The number of hydrogen-bond donors (Lipinski definition) is 2. The first-order valence-electron chi connectivity index (χ1n) is 6.04. The maximum Gasteiger partial charge on any atom is 0.122 e. The average Bonchev–Trinajstić information content (AvgIpc) is 2.79. The third-order valence-electron chi connectivity index (χ3n) is 3.18. The molecule has 1 aromatic carbocycles. The van der Waals surface area contributed by atoms with Crippen molar-refractivity contribution < 1.29 is 9.84 Å². The van der Waals surface area contributed by atoms with Crippen molar-refractivity contribution in [3.63, 3.8) is 0 Å². The molecule has 2 rings (SSSR count). The normalized spacial score (nSPS) is 14.1. The van der Waals surface area contributed by atoms with Crippen molar-refractivity contribution in [2.24, 2.45) is 5.73 Å². The first-order valence-corrected chi connectivity index (χ1v) is 7.61. The van der Waals surface area contributed by atoms with Crippen molar-refractivity contribution >= 4 is 34.5 Å². The zero-order valence-electron chi connectivity index (χ0n) is 10.8. The van der Waals surface area contributed by atoms with E-state index in [9.17, 15) is 5.11 Å². The monoisotopic (exact) mass is 331 g/mol. The predicted molar refractivity (Wildman–Crippen MR) is 84.1 cm³/mol. The molecule has 3 nitrogen and oxygen atoms in total. The topological polar surface area (TPSA) is 55.5 Å². The van der Waals surface area contributed by atoms with Gasteiger partial charge in [-0.2, -0.15) is 0 Å². The maximum absolute atomic E-state index is 10.6. The molecule has 2 aromatic rings. The molecule has 0 spiro atoms. The molecule has 0 amide bonds. The summed E-state index contributed by atoms with van der Waals surface area (Å²) in [4.78, 5) is 0. The molecule has 0 saturated heterocycles. The second-order valence-corrected chi connectivity index (χ2v) is 6.59. The largest absolute Gasteiger partial charge is 0.496 e. The van der Waals surface area contributed by atoms with Crippen LogP contribution < -0.4 is 10.5 Å². The number of halogens is 2. The van der Waals surface area contributed by atoms with Gasteiger partial charge in [-0.05, 0) is 12.1 Å². The van der Waals surface area contributed by atoms with Gasteiger partial charge in [0, 0.05) is 23.6 Å². The zero-order chi connectivity index (χ0) is 14.7. The Morgan fingerprint density at radius 2 is 2.00 bits per heavy atom. The lowest BCUT2D eigenvalue weighted by molar-refractivity contribution is 0.146. The smallest absolute Gasteiger partial charge is 0.122 e. The van der Waals surface area contributed by atoms with Gasteiger partial charge in [0.25, 0.3) is 0 Å². The van der Waals surface area contributed by atoms with Crippen molar-refractivity contribution in [1.29, 1.82) is 0 Å². The van der Waals surface area contributed by atoms with E-state index in [2.05, 4.69) is 0 Å². The lowest BCUT2D eigenvalue weighted by Gasteiger charge is -2.23. The Bertz CT molecular complexity index is 588. The Kier molecular flexibility index (Phi) is 5.29. The van der Waals surface area contributed by atoms with Gasteiger partial charge in [0.15, 0.2) is 0 Å². The molecule has 2 unspecified atom stereocenters. The molecule has 3 N–H and O–H groups in total. The van der Waals surface area contributed by atoms with Crippen molar-refractivity contribution in [3.8, 4) is 5.75 Å². The molecule has 0 fully saturated rings. The first kappa shape index (κ1) is 15.6. The minimum absolute atomic E-state index is 0.269. The fourth-order valence-electron chi connectivity index (χ4n) is 2.17. The molecular weight excluding hydrogens is 317 g/mol. The van der Waals surface area contributed by atoms with E-state index in [1.165, 1.54) is 11.3 Å². The van der Waals surface area contributed by atoms with E-state index in [0.717, 1.165) is 5.56 Å². The quantitative estimate of drug-likeness (QED) is 0.875. The summed E-state index contributed by atoms with van der Waals surface area (Å²) in [6, 6.07) is 9.16. The summed E-state index contributed by atoms with van der Waals surface area (Å²) in [6.45, 7) is 0.269. The van der Waals surface area contributed by atoms with Gasteiger partial charge in [-0.25, -0.2) is 0 Å². The number of aliphatic hydroxyl groups excluding tert-OH is 1.